The second kappa shape index (κ2) is 7.68. The maximum atomic E-state index is 13.1. The molecule has 0 aromatic heterocycles. The highest BCUT2D eigenvalue weighted by atomic mass is 16.6. The summed E-state index contributed by atoms with van der Waals surface area (Å²) < 4.78 is 5.60. The van der Waals surface area contributed by atoms with E-state index in [0.29, 0.717) is 13.1 Å². The van der Waals surface area contributed by atoms with Crippen LogP contribution in [0.2, 0.25) is 0 Å². The Kier molecular flexibility index (Phi) is 5.54. The van der Waals surface area contributed by atoms with Crippen molar-refractivity contribution in [1.29, 1.82) is 0 Å². The first-order valence-corrected chi connectivity index (χ1v) is 9.69. The van der Waals surface area contributed by atoms with Gasteiger partial charge in [0.25, 0.3) is 0 Å². The molecule has 1 aromatic rings. The molecule has 0 aliphatic carbocycles. The SMILES string of the molecule is CC(C)(C)OC(=O)N1C2CCCC1C(=O)N(CCc1ccccc1)CC2. The highest BCUT2D eigenvalue weighted by molar-refractivity contribution is 5.86. The van der Waals surface area contributed by atoms with Crippen LogP contribution in [0.25, 0.3) is 0 Å². The van der Waals surface area contributed by atoms with Crippen molar-refractivity contribution >= 4 is 12.0 Å². The van der Waals surface area contributed by atoms with Crippen molar-refractivity contribution in [3.05, 3.63) is 35.9 Å². The number of hydrogen-bond donors (Lipinski definition) is 0. The van der Waals surface area contributed by atoms with E-state index in [1.54, 1.807) is 4.90 Å². The summed E-state index contributed by atoms with van der Waals surface area (Å²) in [6.45, 7) is 7.02. The van der Waals surface area contributed by atoms with Gasteiger partial charge in [0.1, 0.15) is 11.6 Å². The molecule has 2 aliphatic heterocycles. The highest BCUT2D eigenvalue weighted by Gasteiger charge is 2.44. The molecule has 2 atom stereocenters. The van der Waals surface area contributed by atoms with Crippen LogP contribution < -0.4 is 0 Å². The smallest absolute Gasteiger partial charge is 0.411 e. The lowest BCUT2D eigenvalue weighted by Crippen LogP contribution is -2.55. The molecule has 3 rings (SSSR count). The third kappa shape index (κ3) is 4.37. The van der Waals surface area contributed by atoms with Crippen LogP contribution in [0.4, 0.5) is 4.79 Å². The fourth-order valence-electron chi connectivity index (χ4n) is 3.95. The minimum Gasteiger partial charge on any atom is -0.444 e. The Morgan fingerprint density at radius 3 is 2.58 bits per heavy atom. The number of benzene rings is 1. The average Bonchev–Trinajstić information content (AvgIpc) is 2.67. The van der Waals surface area contributed by atoms with Crippen molar-refractivity contribution in [2.75, 3.05) is 13.1 Å². The van der Waals surface area contributed by atoms with Crippen LogP contribution in [0, 0.1) is 0 Å². The van der Waals surface area contributed by atoms with Gasteiger partial charge in [-0.15, -0.1) is 0 Å². The van der Waals surface area contributed by atoms with E-state index in [2.05, 4.69) is 12.1 Å². The molecule has 0 spiro atoms. The number of carbonyl (C=O) groups excluding carboxylic acids is 2. The van der Waals surface area contributed by atoms with Crippen LogP contribution in [-0.4, -0.2) is 52.6 Å². The molecule has 5 nitrogen and oxygen atoms in total. The van der Waals surface area contributed by atoms with Crippen molar-refractivity contribution in [2.24, 2.45) is 0 Å². The van der Waals surface area contributed by atoms with Crippen LogP contribution in [0.5, 0.6) is 0 Å². The van der Waals surface area contributed by atoms with Crippen molar-refractivity contribution in [2.45, 2.75) is 70.6 Å². The van der Waals surface area contributed by atoms with E-state index in [0.717, 1.165) is 32.1 Å². The second-order valence-electron chi connectivity index (χ2n) is 8.34. The molecule has 2 fully saturated rings. The van der Waals surface area contributed by atoms with Gasteiger partial charge in [-0.1, -0.05) is 30.3 Å². The summed E-state index contributed by atoms with van der Waals surface area (Å²) in [5, 5.41) is 0. The van der Waals surface area contributed by atoms with Crippen LogP contribution >= 0.6 is 0 Å². The molecule has 142 valence electrons. The first-order chi connectivity index (χ1) is 12.3. The first kappa shape index (κ1) is 18.7. The number of fused-ring (bicyclic) bond motifs is 2. The number of nitrogens with zero attached hydrogens (tertiary/aromatic N) is 2. The van der Waals surface area contributed by atoms with E-state index < -0.39 is 5.60 Å². The van der Waals surface area contributed by atoms with E-state index in [-0.39, 0.29) is 24.1 Å². The van der Waals surface area contributed by atoms with Gasteiger partial charge in [0, 0.05) is 19.1 Å². The maximum absolute atomic E-state index is 13.1. The van der Waals surface area contributed by atoms with Gasteiger partial charge in [-0.05, 0) is 58.4 Å². The van der Waals surface area contributed by atoms with Gasteiger partial charge >= 0.3 is 6.09 Å². The molecule has 5 heteroatoms. The monoisotopic (exact) mass is 358 g/mol. The zero-order chi connectivity index (χ0) is 18.7. The summed E-state index contributed by atoms with van der Waals surface area (Å²) in [6, 6.07) is 9.97. The van der Waals surface area contributed by atoms with E-state index in [1.165, 1.54) is 5.56 Å². The number of rotatable bonds is 3. The molecule has 2 saturated heterocycles. The molecule has 26 heavy (non-hydrogen) atoms. The standard InChI is InChI=1S/C21H30N2O3/c1-21(2,3)26-20(25)23-17-10-7-11-18(23)19(24)22(15-13-17)14-12-16-8-5-4-6-9-16/h4-6,8-9,17-18H,7,10-15H2,1-3H3. The Morgan fingerprint density at radius 2 is 1.88 bits per heavy atom. The van der Waals surface area contributed by atoms with E-state index >= 15 is 0 Å². The zero-order valence-electron chi connectivity index (χ0n) is 16.1. The van der Waals surface area contributed by atoms with Crippen molar-refractivity contribution in [3.8, 4) is 0 Å². The van der Waals surface area contributed by atoms with Gasteiger partial charge in [0.15, 0.2) is 0 Å². The third-order valence-corrected chi connectivity index (χ3v) is 5.19. The normalized spacial score (nSPS) is 23.6. The molecular weight excluding hydrogens is 328 g/mol. The quantitative estimate of drug-likeness (QED) is 0.829. The molecular formula is C21H30N2O3. The van der Waals surface area contributed by atoms with Gasteiger partial charge in [-0.2, -0.15) is 0 Å². The lowest BCUT2D eigenvalue weighted by atomic mass is 9.95. The molecule has 0 N–H and O–H groups in total. The first-order valence-electron chi connectivity index (χ1n) is 9.69. The summed E-state index contributed by atoms with van der Waals surface area (Å²) in [5.41, 5.74) is 0.685. The number of ether oxygens (including phenoxy) is 1. The number of piperidine rings is 1. The fraction of sp³-hybridized carbons (Fsp3) is 0.619. The Balaban J connectivity index is 1.72. The Labute approximate surface area is 156 Å². The molecule has 2 heterocycles. The number of amides is 2. The molecule has 2 unspecified atom stereocenters. The van der Waals surface area contributed by atoms with E-state index in [4.69, 9.17) is 4.74 Å². The van der Waals surface area contributed by atoms with Crippen LogP contribution in [0.15, 0.2) is 30.3 Å². The summed E-state index contributed by atoms with van der Waals surface area (Å²) in [4.78, 5) is 29.6. The second-order valence-corrected chi connectivity index (χ2v) is 8.34. The third-order valence-electron chi connectivity index (χ3n) is 5.19. The van der Waals surface area contributed by atoms with E-state index in [9.17, 15) is 9.59 Å². The van der Waals surface area contributed by atoms with E-state index in [1.807, 2.05) is 43.9 Å². The predicted octanol–water partition coefficient (Wildman–Crippen LogP) is 3.62. The Bertz CT molecular complexity index is 638. The minimum atomic E-state index is -0.548. The van der Waals surface area contributed by atoms with Crippen LogP contribution in [0.1, 0.15) is 52.0 Å². The van der Waals surface area contributed by atoms with Crippen molar-refractivity contribution < 1.29 is 14.3 Å². The Hall–Kier alpha value is -2.04. The average molecular weight is 358 g/mol. The van der Waals surface area contributed by atoms with Crippen molar-refractivity contribution in [3.63, 3.8) is 0 Å². The molecule has 2 bridgehead atoms. The largest absolute Gasteiger partial charge is 0.444 e. The fourth-order valence-corrected chi connectivity index (χ4v) is 3.95. The van der Waals surface area contributed by atoms with Gasteiger partial charge in [0.05, 0.1) is 0 Å². The highest BCUT2D eigenvalue weighted by Crippen LogP contribution is 2.31. The summed E-state index contributed by atoms with van der Waals surface area (Å²) in [7, 11) is 0. The summed E-state index contributed by atoms with van der Waals surface area (Å²) in [6.07, 6.45) is 4.01. The molecule has 0 radical (unpaired) electrons. The van der Waals surface area contributed by atoms with Crippen LogP contribution in [0.3, 0.4) is 0 Å². The molecule has 0 saturated carbocycles. The number of hydrogen-bond acceptors (Lipinski definition) is 3. The van der Waals surface area contributed by atoms with Gasteiger partial charge in [-0.3, -0.25) is 9.69 Å². The zero-order valence-corrected chi connectivity index (χ0v) is 16.1. The maximum Gasteiger partial charge on any atom is 0.411 e. The Morgan fingerprint density at radius 1 is 1.15 bits per heavy atom. The number of carbonyl (C=O) groups is 2. The van der Waals surface area contributed by atoms with Gasteiger partial charge < -0.3 is 9.64 Å². The molecule has 2 amide bonds. The molecule has 1 aromatic carbocycles. The van der Waals surface area contributed by atoms with Crippen molar-refractivity contribution in [1.82, 2.24) is 9.80 Å². The van der Waals surface area contributed by atoms with Gasteiger partial charge in [-0.25, -0.2) is 4.79 Å². The topological polar surface area (TPSA) is 49.9 Å². The molecule has 2 aliphatic rings. The summed E-state index contributed by atoms with van der Waals surface area (Å²) in [5.74, 6) is 0.0778. The lowest BCUT2D eigenvalue weighted by molar-refractivity contribution is -0.136. The van der Waals surface area contributed by atoms with Gasteiger partial charge in [0.2, 0.25) is 5.91 Å². The lowest BCUT2D eigenvalue weighted by Gasteiger charge is -2.40. The van der Waals surface area contributed by atoms with Crippen LogP contribution in [-0.2, 0) is 16.0 Å². The summed E-state index contributed by atoms with van der Waals surface area (Å²) >= 11 is 0. The minimum absolute atomic E-state index is 0.0778. The predicted molar refractivity (Wildman–Crippen MR) is 101 cm³/mol.